The molecule has 4 aliphatic heterocycles. The fourth-order valence-electron chi connectivity index (χ4n) is 2.54. The molecular formula is C22H14S8. The van der Waals surface area contributed by atoms with E-state index in [4.69, 9.17) is 0 Å². The van der Waals surface area contributed by atoms with E-state index in [0.29, 0.717) is 0 Å². The van der Waals surface area contributed by atoms with E-state index in [1.54, 1.807) is 0 Å². The first-order valence-electron chi connectivity index (χ1n) is 8.84. The normalized spacial score (nSPS) is 21.2. The zero-order valence-corrected chi connectivity index (χ0v) is 21.9. The monoisotopic (exact) mass is 534 g/mol. The largest absolute Gasteiger partial charge is 0.0884 e. The highest BCUT2D eigenvalue weighted by Crippen LogP contribution is 2.54. The standard InChI is InChI=1S/C22H14S8/c1-2-16(6-8-18-14-28-22(30-18)20-25-11-12-26-20)4-3-15(1)5-7-17-13-27-21(29-17)19-23-9-10-24-19/h1-14H/b7-5+,8-6+. The van der Waals surface area contributed by atoms with Crippen LogP contribution in [-0.4, -0.2) is 0 Å². The van der Waals surface area contributed by atoms with Crippen LogP contribution in [0.25, 0.3) is 12.2 Å². The summed E-state index contributed by atoms with van der Waals surface area (Å²) in [7, 11) is 0. The molecular weight excluding hydrogens is 521 g/mol. The van der Waals surface area contributed by atoms with Crippen LogP contribution in [0.5, 0.6) is 0 Å². The van der Waals surface area contributed by atoms with Crippen molar-refractivity contribution in [1.29, 1.82) is 0 Å². The lowest BCUT2D eigenvalue weighted by Crippen LogP contribution is -1.75. The Hall–Kier alpha value is -0.0600. The van der Waals surface area contributed by atoms with Crippen molar-refractivity contribution in [3.63, 3.8) is 0 Å². The summed E-state index contributed by atoms with van der Waals surface area (Å²) in [5.41, 5.74) is 2.46. The first kappa shape index (κ1) is 21.8. The first-order valence-corrected chi connectivity index (χ1v) is 15.8. The van der Waals surface area contributed by atoms with E-state index >= 15 is 0 Å². The summed E-state index contributed by atoms with van der Waals surface area (Å²) in [6, 6.07) is 8.74. The summed E-state index contributed by atoms with van der Waals surface area (Å²) in [5, 5.41) is 13.1. The highest BCUT2D eigenvalue weighted by Gasteiger charge is 2.18. The van der Waals surface area contributed by atoms with Gasteiger partial charge < -0.3 is 0 Å². The molecule has 5 rings (SSSR count). The van der Waals surface area contributed by atoms with Gasteiger partial charge >= 0.3 is 0 Å². The van der Waals surface area contributed by atoms with Gasteiger partial charge in [-0.05, 0) is 55.7 Å². The number of allylic oxidation sites excluding steroid dienone is 2. The van der Waals surface area contributed by atoms with Gasteiger partial charge in [-0.2, -0.15) is 0 Å². The molecule has 0 aliphatic carbocycles. The molecule has 0 spiro atoms. The molecule has 4 heterocycles. The summed E-state index contributed by atoms with van der Waals surface area (Å²) in [6.07, 6.45) is 8.83. The van der Waals surface area contributed by atoms with Crippen LogP contribution in [-0.2, 0) is 0 Å². The van der Waals surface area contributed by atoms with E-state index in [1.807, 2.05) is 94.1 Å². The van der Waals surface area contributed by atoms with Crippen LogP contribution < -0.4 is 0 Å². The summed E-state index contributed by atoms with van der Waals surface area (Å²) < 4.78 is 5.59. The molecule has 0 aromatic heterocycles. The quantitative estimate of drug-likeness (QED) is 0.369. The van der Waals surface area contributed by atoms with E-state index in [-0.39, 0.29) is 0 Å². The van der Waals surface area contributed by atoms with Crippen LogP contribution in [0.3, 0.4) is 0 Å². The highest BCUT2D eigenvalue weighted by atomic mass is 32.2. The Morgan fingerprint density at radius 3 is 1.23 bits per heavy atom. The smallest absolute Gasteiger partial charge is 0.0700 e. The molecule has 1 aromatic rings. The van der Waals surface area contributed by atoms with Crippen molar-refractivity contribution in [3.8, 4) is 0 Å². The molecule has 0 radical (unpaired) electrons. The lowest BCUT2D eigenvalue weighted by molar-refractivity contribution is 1.62. The minimum atomic E-state index is 1.23. The maximum absolute atomic E-state index is 2.24. The molecule has 30 heavy (non-hydrogen) atoms. The lowest BCUT2D eigenvalue weighted by Gasteiger charge is -2.00. The van der Waals surface area contributed by atoms with Crippen molar-refractivity contribution >= 4 is 106 Å². The maximum Gasteiger partial charge on any atom is 0.0700 e. The molecule has 0 N–H and O–H groups in total. The molecule has 0 amide bonds. The first-order chi connectivity index (χ1) is 14.8. The average Bonchev–Trinajstić information content (AvgIpc) is 3.57. The van der Waals surface area contributed by atoms with Crippen molar-refractivity contribution in [3.05, 3.63) is 107 Å². The van der Waals surface area contributed by atoms with Crippen molar-refractivity contribution in [1.82, 2.24) is 0 Å². The maximum atomic E-state index is 2.24. The lowest BCUT2D eigenvalue weighted by atomic mass is 10.1. The van der Waals surface area contributed by atoms with Crippen molar-refractivity contribution in [2.24, 2.45) is 0 Å². The van der Waals surface area contributed by atoms with Gasteiger partial charge in [-0.1, -0.05) is 131 Å². The number of hydrogen-bond donors (Lipinski definition) is 0. The summed E-state index contributed by atoms with van der Waals surface area (Å²) in [6.45, 7) is 0. The van der Waals surface area contributed by atoms with Crippen molar-refractivity contribution in [2.75, 3.05) is 0 Å². The Bertz CT molecular complexity index is 974. The van der Waals surface area contributed by atoms with E-state index in [1.165, 1.54) is 37.9 Å². The second-order valence-electron chi connectivity index (χ2n) is 5.98. The van der Waals surface area contributed by atoms with Crippen LogP contribution in [0.4, 0.5) is 0 Å². The SMILES string of the molecule is C1=CSC(=C2SC=C(/C=C/c3ccc(/C=C/C4=CSC(=C5SC=CS5)S4)cc3)S2)S1. The number of thioether (sulfide) groups is 8. The molecule has 1 aromatic carbocycles. The van der Waals surface area contributed by atoms with Crippen molar-refractivity contribution in [2.45, 2.75) is 0 Å². The van der Waals surface area contributed by atoms with E-state index in [2.05, 4.69) is 81.0 Å². The van der Waals surface area contributed by atoms with Gasteiger partial charge in [0, 0.05) is 9.81 Å². The highest BCUT2D eigenvalue weighted by molar-refractivity contribution is 8.34. The summed E-state index contributed by atoms with van der Waals surface area (Å²) in [5.74, 6) is 0. The van der Waals surface area contributed by atoms with E-state index in [0.717, 1.165) is 0 Å². The zero-order chi connectivity index (χ0) is 20.2. The predicted octanol–water partition coefficient (Wildman–Crippen LogP) is 10.5. The van der Waals surface area contributed by atoms with Crippen molar-refractivity contribution < 1.29 is 0 Å². The van der Waals surface area contributed by atoms with Gasteiger partial charge in [0.1, 0.15) is 0 Å². The third kappa shape index (κ3) is 5.64. The Morgan fingerprint density at radius 2 is 0.833 bits per heavy atom. The van der Waals surface area contributed by atoms with E-state index in [9.17, 15) is 0 Å². The Morgan fingerprint density at radius 1 is 0.433 bits per heavy atom. The fourth-order valence-corrected chi connectivity index (χ4v) is 11.2. The van der Waals surface area contributed by atoms with E-state index < -0.39 is 0 Å². The molecule has 0 fully saturated rings. The fraction of sp³-hybridized carbons (Fsp3) is 0. The molecule has 0 atom stereocenters. The minimum Gasteiger partial charge on any atom is -0.0884 e. The second kappa shape index (κ2) is 10.7. The summed E-state index contributed by atoms with van der Waals surface area (Å²) >= 11 is 14.7. The molecule has 0 unspecified atom stereocenters. The molecule has 8 heteroatoms. The Kier molecular flexibility index (Phi) is 7.77. The second-order valence-corrected chi connectivity index (χ2v) is 14.6. The van der Waals surface area contributed by atoms with Crippen LogP contribution in [0, 0.1) is 0 Å². The van der Waals surface area contributed by atoms with Gasteiger partial charge in [0.2, 0.25) is 0 Å². The predicted molar refractivity (Wildman–Crippen MR) is 154 cm³/mol. The molecule has 150 valence electrons. The van der Waals surface area contributed by atoms with Gasteiger partial charge in [0.25, 0.3) is 0 Å². The topological polar surface area (TPSA) is 0 Å². The molecule has 0 saturated heterocycles. The van der Waals surface area contributed by atoms with Crippen LogP contribution in [0.15, 0.2) is 95.6 Å². The van der Waals surface area contributed by atoms with Crippen LogP contribution in [0.2, 0.25) is 0 Å². The zero-order valence-electron chi connectivity index (χ0n) is 15.3. The number of hydrogen-bond acceptors (Lipinski definition) is 8. The molecule has 0 nitrogen and oxygen atoms in total. The average molecular weight is 535 g/mol. The molecule has 0 saturated carbocycles. The summed E-state index contributed by atoms with van der Waals surface area (Å²) in [4.78, 5) is 2.61. The van der Waals surface area contributed by atoms with Gasteiger partial charge in [0.15, 0.2) is 0 Å². The molecule has 0 bridgehead atoms. The Balaban J connectivity index is 1.15. The number of benzene rings is 1. The minimum absolute atomic E-state index is 1.23. The molecule has 4 aliphatic rings. The van der Waals surface area contributed by atoms with Gasteiger partial charge in [-0.15, -0.1) is 0 Å². The third-order valence-electron chi connectivity index (χ3n) is 3.95. The van der Waals surface area contributed by atoms with Crippen LogP contribution >= 0.6 is 94.1 Å². The van der Waals surface area contributed by atoms with Gasteiger partial charge in [-0.3, -0.25) is 0 Å². The Labute approximate surface area is 211 Å². The third-order valence-corrected chi connectivity index (χ3v) is 14.0. The number of rotatable bonds is 4. The van der Waals surface area contributed by atoms with Crippen LogP contribution in [0.1, 0.15) is 11.1 Å². The van der Waals surface area contributed by atoms with Gasteiger partial charge in [-0.25, -0.2) is 0 Å². The van der Waals surface area contributed by atoms with Gasteiger partial charge in [0.05, 0.1) is 16.9 Å².